The van der Waals surface area contributed by atoms with Gasteiger partial charge in [0, 0.05) is 37.4 Å². The lowest BCUT2D eigenvalue weighted by Crippen LogP contribution is -2.51. The Balaban J connectivity index is 1.36. The van der Waals surface area contributed by atoms with Crippen LogP contribution in [0.3, 0.4) is 0 Å². The number of aromatic amines is 2. The van der Waals surface area contributed by atoms with Crippen LogP contribution in [0, 0.1) is 18.3 Å². The molecule has 2 N–H and O–H groups in total. The molecule has 160 valence electrons. The lowest BCUT2D eigenvalue weighted by atomic mass is 9.78. The van der Waals surface area contributed by atoms with E-state index in [0.717, 1.165) is 44.7 Å². The zero-order valence-corrected chi connectivity index (χ0v) is 17.6. The fourth-order valence-electron chi connectivity index (χ4n) is 5.59. The van der Waals surface area contributed by atoms with Crippen molar-refractivity contribution in [1.29, 1.82) is 0 Å². The molecule has 7 nitrogen and oxygen atoms in total. The number of H-pyrrole nitrogens is 2. The second kappa shape index (κ2) is 8.36. The molecule has 2 saturated heterocycles. The summed E-state index contributed by atoms with van der Waals surface area (Å²) in [6.07, 6.45) is 10.5. The van der Waals surface area contributed by atoms with Crippen LogP contribution < -0.4 is 5.56 Å². The zero-order chi connectivity index (χ0) is 20.4. The summed E-state index contributed by atoms with van der Waals surface area (Å²) in [5, 5.41) is 5.31. The second-order valence-corrected chi connectivity index (χ2v) is 9.39. The highest BCUT2D eigenvalue weighted by atomic mass is 16.2. The largest absolute Gasteiger partial charge is 0.342 e. The second-order valence-electron chi connectivity index (χ2n) is 9.39. The van der Waals surface area contributed by atoms with Crippen molar-refractivity contribution in [3.8, 4) is 0 Å². The van der Waals surface area contributed by atoms with E-state index >= 15 is 0 Å². The SMILES string of the molecule is Cc1[nH][nH]c(=O)c1CC(=O)N1CC[C@]2(CCCN(CCC3CCCCC3)C2=O)C1. The number of carbonyl (C=O) groups is 2. The zero-order valence-electron chi connectivity index (χ0n) is 17.6. The van der Waals surface area contributed by atoms with Crippen molar-refractivity contribution < 1.29 is 9.59 Å². The summed E-state index contributed by atoms with van der Waals surface area (Å²) in [4.78, 5) is 41.9. The molecule has 3 heterocycles. The number of likely N-dealkylation sites (tertiary alicyclic amines) is 2. The van der Waals surface area contributed by atoms with Crippen LogP contribution in [0.4, 0.5) is 0 Å². The highest BCUT2D eigenvalue weighted by molar-refractivity contribution is 5.86. The topological polar surface area (TPSA) is 89.3 Å². The van der Waals surface area contributed by atoms with Gasteiger partial charge in [0.2, 0.25) is 11.8 Å². The molecule has 0 bridgehead atoms. The third-order valence-electron chi connectivity index (χ3n) is 7.48. The Bertz CT molecular complexity index is 807. The monoisotopic (exact) mass is 402 g/mol. The van der Waals surface area contributed by atoms with E-state index in [2.05, 4.69) is 15.1 Å². The Morgan fingerprint density at radius 2 is 1.86 bits per heavy atom. The number of nitrogens with one attached hydrogen (secondary N) is 2. The van der Waals surface area contributed by atoms with E-state index in [1.54, 1.807) is 11.8 Å². The van der Waals surface area contributed by atoms with Gasteiger partial charge >= 0.3 is 0 Å². The molecule has 1 aromatic heterocycles. The van der Waals surface area contributed by atoms with Gasteiger partial charge in [0.05, 0.1) is 11.8 Å². The molecule has 3 fully saturated rings. The van der Waals surface area contributed by atoms with Gasteiger partial charge in [-0.15, -0.1) is 0 Å². The van der Waals surface area contributed by atoms with Crippen LogP contribution in [0.5, 0.6) is 0 Å². The molecule has 4 rings (SSSR count). The Morgan fingerprint density at radius 1 is 1.07 bits per heavy atom. The first-order valence-corrected chi connectivity index (χ1v) is 11.3. The standard InChI is InChI=1S/C22H34N4O3/c1-16-18(20(28)24-23-16)14-19(27)26-13-10-22(15-26)9-5-11-25(21(22)29)12-8-17-6-3-2-4-7-17/h17H,2-15H2,1H3,(H2,23,24,28)/t22-/m1/s1. The van der Waals surface area contributed by atoms with Crippen molar-refractivity contribution in [2.24, 2.45) is 11.3 Å². The first kappa shape index (κ1) is 20.2. The van der Waals surface area contributed by atoms with Gasteiger partial charge in [0.15, 0.2) is 0 Å². The maximum Gasteiger partial charge on any atom is 0.267 e. The Kier molecular flexibility index (Phi) is 5.83. The van der Waals surface area contributed by atoms with E-state index in [0.29, 0.717) is 24.3 Å². The third-order valence-corrected chi connectivity index (χ3v) is 7.48. The highest BCUT2D eigenvalue weighted by Crippen LogP contribution is 2.40. The van der Waals surface area contributed by atoms with Crippen LogP contribution in [0.2, 0.25) is 0 Å². The first-order chi connectivity index (χ1) is 14.0. The number of carbonyl (C=O) groups excluding carboxylic acids is 2. The van der Waals surface area contributed by atoms with Crippen molar-refractivity contribution >= 4 is 11.8 Å². The van der Waals surface area contributed by atoms with Gasteiger partial charge in [0.25, 0.3) is 5.56 Å². The van der Waals surface area contributed by atoms with E-state index in [1.807, 2.05) is 0 Å². The summed E-state index contributed by atoms with van der Waals surface area (Å²) in [6.45, 7) is 4.64. The number of amides is 2. The van der Waals surface area contributed by atoms with Crippen LogP contribution in [-0.4, -0.2) is 58.0 Å². The molecule has 1 aliphatic carbocycles. The molecule has 1 saturated carbocycles. The van der Waals surface area contributed by atoms with Crippen molar-refractivity contribution in [1.82, 2.24) is 20.0 Å². The molecular weight excluding hydrogens is 368 g/mol. The van der Waals surface area contributed by atoms with E-state index in [1.165, 1.54) is 32.1 Å². The molecule has 29 heavy (non-hydrogen) atoms. The fourth-order valence-corrected chi connectivity index (χ4v) is 5.59. The molecular formula is C22H34N4O3. The van der Waals surface area contributed by atoms with Crippen molar-refractivity contribution in [2.45, 2.75) is 71.1 Å². The Morgan fingerprint density at radius 3 is 2.59 bits per heavy atom. The van der Waals surface area contributed by atoms with Crippen molar-refractivity contribution in [3.63, 3.8) is 0 Å². The summed E-state index contributed by atoms with van der Waals surface area (Å²) in [6, 6.07) is 0. The van der Waals surface area contributed by atoms with E-state index in [-0.39, 0.29) is 23.8 Å². The highest BCUT2D eigenvalue weighted by Gasteiger charge is 2.49. The third kappa shape index (κ3) is 4.14. The molecule has 1 atom stereocenters. The van der Waals surface area contributed by atoms with E-state index < -0.39 is 5.41 Å². The smallest absolute Gasteiger partial charge is 0.267 e. The molecule has 7 heteroatoms. The Hall–Kier alpha value is -2.05. The summed E-state index contributed by atoms with van der Waals surface area (Å²) < 4.78 is 0. The predicted octanol–water partition coefficient (Wildman–Crippen LogP) is 2.37. The van der Waals surface area contributed by atoms with Gasteiger partial charge in [-0.2, -0.15) is 0 Å². The molecule has 0 aromatic carbocycles. The molecule has 0 radical (unpaired) electrons. The molecule has 2 amide bonds. The summed E-state index contributed by atoms with van der Waals surface area (Å²) >= 11 is 0. The average Bonchev–Trinajstić information content (AvgIpc) is 3.29. The number of hydrogen-bond acceptors (Lipinski definition) is 3. The maximum absolute atomic E-state index is 13.3. The number of nitrogens with zero attached hydrogens (tertiary/aromatic N) is 2. The van der Waals surface area contributed by atoms with Crippen LogP contribution in [-0.2, 0) is 16.0 Å². The minimum Gasteiger partial charge on any atom is -0.342 e. The lowest BCUT2D eigenvalue weighted by molar-refractivity contribution is -0.146. The van der Waals surface area contributed by atoms with Crippen LogP contribution in [0.15, 0.2) is 4.79 Å². The molecule has 3 aliphatic rings. The normalized spacial score (nSPS) is 25.9. The summed E-state index contributed by atoms with van der Waals surface area (Å²) in [7, 11) is 0. The van der Waals surface area contributed by atoms with Crippen molar-refractivity contribution in [2.75, 3.05) is 26.2 Å². The van der Waals surface area contributed by atoms with Gasteiger partial charge in [-0.25, -0.2) is 0 Å². The summed E-state index contributed by atoms with van der Waals surface area (Å²) in [5.41, 5.74) is 0.576. The predicted molar refractivity (Wildman–Crippen MR) is 110 cm³/mol. The fraction of sp³-hybridized carbons (Fsp3) is 0.773. The first-order valence-electron chi connectivity index (χ1n) is 11.3. The number of rotatable bonds is 5. The van der Waals surface area contributed by atoms with Gasteiger partial charge in [-0.3, -0.25) is 19.5 Å². The van der Waals surface area contributed by atoms with E-state index in [9.17, 15) is 14.4 Å². The van der Waals surface area contributed by atoms with Crippen LogP contribution in [0.1, 0.15) is 69.0 Å². The van der Waals surface area contributed by atoms with Gasteiger partial charge in [-0.1, -0.05) is 32.1 Å². The van der Waals surface area contributed by atoms with Crippen molar-refractivity contribution in [3.05, 3.63) is 21.6 Å². The summed E-state index contributed by atoms with van der Waals surface area (Å²) in [5.74, 6) is 0.978. The minimum atomic E-state index is -0.403. The molecule has 1 aromatic rings. The molecule has 1 spiro atoms. The number of aryl methyl sites for hydroxylation is 1. The van der Waals surface area contributed by atoms with Gasteiger partial charge in [-0.05, 0) is 38.5 Å². The lowest BCUT2D eigenvalue weighted by Gasteiger charge is -2.40. The quantitative estimate of drug-likeness (QED) is 0.792. The maximum atomic E-state index is 13.3. The average molecular weight is 403 g/mol. The Labute approximate surface area is 172 Å². The van der Waals surface area contributed by atoms with Gasteiger partial charge < -0.3 is 14.9 Å². The molecule has 0 unspecified atom stereocenters. The number of piperidine rings is 1. The van der Waals surface area contributed by atoms with Gasteiger partial charge in [0.1, 0.15) is 0 Å². The van der Waals surface area contributed by atoms with Crippen LogP contribution in [0.25, 0.3) is 0 Å². The van der Waals surface area contributed by atoms with Crippen LogP contribution >= 0.6 is 0 Å². The molecule has 2 aliphatic heterocycles. The number of hydrogen-bond donors (Lipinski definition) is 2. The minimum absolute atomic E-state index is 0.0535. The number of aromatic nitrogens is 2. The van der Waals surface area contributed by atoms with E-state index in [4.69, 9.17) is 0 Å².